The Kier molecular flexibility index (Phi) is 6.79. The number of aromatic nitrogens is 2. The summed E-state index contributed by atoms with van der Waals surface area (Å²) in [6.07, 6.45) is 7.40. The van der Waals surface area contributed by atoms with Crippen molar-refractivity contribution in [1.82, 2.24) is 14.9 Å². The average molecular weight is 409 g/mol. The van der Waals surface area contributed by atoms with Crippen molar-refractivity contribution >= 4 is 23.9 Å². The summed E-state index contributed by atoms with van der Waals surface area (Å²) in [5.41, 5.74) is 3.27. The molecule has 1 N–H and O–H groups in total. The molecule has 1 aromatic heterocycles. The highest BCUT2D eigenvalue weighted by molar-refractivity contribution is 5.79. The van der Waals surface area contributed by atoms with E-state index < -0.39 is 0 Å². The Morgan fingerprint density at radius 1 is 1.10 bits per heavy atom. The molecule has 2 aliphatic heterocycles. The van der Waals surface area contributed by atoms with Gasteiger partial charge in [-0.05, 0) is 56.8 Å². The SMILES string of the molecule is CCN(Cc1cccc(CN2CCCC2)c1)c1nc(N2CCCC2)ncc1NC=O. The molecule has 7 heteroatoms. The molecule has 4 rings (SSSR count). The van der Waals surface area contributed by atoms with Crippen molar-refractivity contribution in [2.45, 2.75) is 45.7 Å². The Morgan fingerprint density at radius 3 is 2.57 bits per heavy atom. The van der Waals surface area contributed by atoms with Crippen LogP contribution >= 0.6 is 0 Å². The smallest absolute Gasteiger partial charge is 0.227 e. The van der Waals surface area contributed by atoms with E-state index in [0.29, 0.717) is 12.1 Å². The summed E-state index contributed by atoms with van der Waals surface area (Å²) in [5, 5.41) is 2.78. The highest BCUT2D eigenvalue weighted by Crippen LogP contribution is 2.28. The van der Waals surface area contributed by atoms with E-state index in [0.717, 1.165) is 44.5 Å². The van der Waals surface area contributed by atoms with Crippen molar-refractivity contribution in [1.29, 1.82) is 0 Å². The molecule has 0 atom stereocenters. The number of nitrogens with one attached hydrogen (secondary N) is 1. The Labute approximate surface area is 179 Å². The average Bonchev–Trinajstić information content (AvgIpc) is 3.47. The van der Waals surface area contributed by atoms with Gasteiger partial charge < -0.3 is 15.1 Å². The second-order valence-corrected chi connectivity index (χ2v) is 8.18. The minimum atomic E-state index is 0.656. The van der Waals surface area contributed by atoms with Gasteiger partial charge in [0, 0.05) is 32.7 Å². The van der Waals surface area contributed by atoms with Crippen molar-refractivity contribution in [2.24, 2.45) is 0 Å². The lowest BCUT2D eigenvalue weighted by Gasteiger charge is -2.26. The molecule has 2 saturated heterocycles. The van der Waals surface area contributed by atoms with Crippen LogP contribution in [0.25, 0.3) is 0 Å². The quantitative estimate of drug-likeness (QED) is 0.643. The van der Waals surface area contributed by atoms with E-state index in [1.54, 1.807) is 6.20 Å². The van der Waals surface area contributed by atoms with Crippen molar-refractivity contribution in [3.8, 4) is 0 Å². The van der Waals surface area contributed by atoms with Crippen LogP contribution in [0.5, 0.6) is 0 Å². The van der Waals surface area contributed by atoms with Crippen molar-refractivity contribution in [3.05, 3.63) is 41.6 Å². The van der Waals surface area contributed by atoms with Gasteiger partial charge in [0.15, 0.2) is 5.82 Å². The summed E-state index contributed by atoms with van der Waals surface area (Å²) >= 11 is 0. The Morgan fingerprint density at radius 2 is 1.83 bits per heavy atom. The van der Waals surface area contributed by atoms with E-state index in [4.69, 9.17) is 4.98 Å². The summed E-state index contributed by atoms with van der Waals surface area (Å²) < 4.78 is 0. The van der Waals surface area contributed by atoms with Crippen LogP contribution in [0.15, 0.2) is 30.5 Å². The molecule has 2 aromatic rings. The van der Waals surface area contributed by atoms with Gasteiger partial charge in [-0.3, -0.25) is 9.69 Å². The molecule has 0 saturated carbocycles. The molecule has 3 heterocycles. The summed E-state index contributed by atoms with van der Waals surface area (Å²) in [5.74, 6) is 1.53. The molecule has 0 bridgehead atoms. The number of amides is 1. The summed E-state index contributed by atoms with van der Waals surface area (Å²) in [7, 11) is 0. The van der Waals surface area contributed by atoms with Gasteiger partial charge in [-0.15, -0.1) is 0 Å². The monoisotopic (exact) mass is 408 g/mol. The van der Waals surface area contributed by atoms with Crippen LogP contribution in [-0.2, 0) is 17.9 Å². The number of carbonyl (C=O) groups excluding carboxylic acids is 1. The molecular formula is C23H32N6O. The lowest BCUT2D eigenvalue weighted by Crippen LogP contribution is -2.27. The molecule has 7 nitrogen and oxygen atoms in total. The molecular weight excluding hydrogens is 376 g/mol. The first-order valence-corrected chi connectivity index (χ1v) is 11.1. The third-order valence-electron chi connectivity index (χ3n) is 6.01. The Bertz CT molecular complexity index is 845. The number of rotatable bonds is 9. The molecule has 0 radical (unpaired) electrons. The molecule has 160 valence electrons. The number of nitrogens with zero attached hydrogens (tertiary/aromatic N) is 5. The lowest BCUT2D eigenvalue weighted by atomic mass is 10.1. The summed E-state index contributed by atoms with van der Waals surface area (Å²) in [4.78, 5) is 27.5. The van der Waals surface area contributed by atoms with Crippen LogP contribution in [-0.4, -0.2) is 54.0 Å². The van der Waals surface area contributed by atoms with E-state index in [1.165, 1.54) is 49.9 Å². The maximum absolute atomic E-state index is 11.1. The zero-order valence-corrected chi connectivity index (χ0v) is 17.9. The van der Waals surface area contributed by atoms with Gasteiger partial charge in [0.2, 0.25) is 12.4 Å². The fraction of sp³-hybridized carbons (Fsp3) is 0.522. The molecule has 2 aliphatic rings. The normalized spacial score (nSPS) is 16.8. The highest BCUT2D eigenvalue weighted by Gasteiger charge is 2.20. The van der Waals surface area contributed by atoms with Crippen LogP contribution in [0, 0.1) is 0 Å². The second kappa shape index (κ2) is 9.89. The van der Waals surface area contributed by atoms with Crippen LogP contribution in [0.2, 0.25) is 0 Å². The second-order valence-electron chi connectivity index (χ2n) is 8.18. The third kappa shape index (κ3) is 4.90. The number of hydrogen-bond acceptors (Lipinski definition) is 6. The van der Waals surface area contributed by atoms with E-state index in [2.05, 4.69) is 56.2 Å². The van der Waals surface area contributed by atoms with E-state index in [9.17, 15) is 4.79 Å². The molecule has 0 unspecified atom stereocenters. The van der Waals surface area contributed by atoms with Crippen molar-refractivity contribution < 1.29 is 4.79 Å². The molecule has 30 heavy (non-hydrogen) atoms. The third-order valence-corrected chi connectivity index (χ3v) is 6.01. The maximum atomic E-state index is 11.1. The van der Waals surface area contributed by atoms with Gasteiger partial charge in [0.05, 0.1) is 6.20 Å². The van der Waals surface area contributed by atoms with Crippen LogP contribution in [0.4, 0.5) is 17.5 Å². The highest BCUT2D eigenvalue weighted by atomic mass is 16.1. The Hall–Kier alpha value is -2.67. The van der Waals surface area contributed by atoms with Crippen LogP contribution in [0.1, 0.15) is 43.7 Å². The predicted molar refractivity (Wildman–Crippen MR) is 121 cm³/mol. The van der Waals surface area contributed by atoms with Gasteiger partial charge in [-0.25, -0.2) is 4.98 Å². The van der Waals surface area contributed by atoms with Gasteiger partial charge in [0.1, 0.15) is 5.69 Å². The van der Waals surface area contributed by atoms with E-state index in [1.807, 2.05) is 0 Å². The fourth-order valence-electron chi connectivity index (χ4n) is 4.42. The fourth-order valence-corrected chi connectivity index (χ4v) is 4.42. The Balaban J connectivity index is 1.55. The maximum Gasteiger partial charge on any atom is 0.227 e. The molecule has 1 aromatic carbocycles. The molecule has 2 fully saturated rings. The number of likely N-dealkylation sites (tertiary alicyclic amines) is 1. The minimum Gasteiger partial charge on any atom is -0.351 e. The molecule has 1 amide bonds. The van der Waals surface area contributed by atoms with Crippen LogP contribution < -0.4 is 15.1 Å². The van der Waals surface area contributed by atoms with E-state index in [-0.39, 0.29) is 0 Å². The first-order chi connectivity index (χ1) is 14.8. The first kappa shape index (κ1) is 20.6. The topological polar surface area (TPSA) is 64.6 Å². The molecule has 0 aliphatic carbocycles. The zero-order valence-electron chi connectivity index (χ0n) is 17.9. The summed E-state index contributed by atoms with van der Waals surface area (Å²) in [6.45, 7) is 9.06. The van der Waals surface area contributed by atoms with E-state index >= 15 is 0 Å². The lowest BCUT2D eigenvalue weighted by molar-refractivity contribution is -0.105. The zero-order chi connectivity index (χ0) is 20.8. The van der Waals surface area contributed by atoms with Gasteiger partial charge in [-0.2, -0.15) is 4.98 Å². The number of carbonyl (C=O) groups is 1. The molecule has 0 spiro atoms. The van der Waals surface area contributed by atoms with Crippen molar-refractivity contribution in [2.75, 3.05) is 47.8 Å². The minimum absolute atomic E-state index is 0.656. The number of anilines is 3. The van der Waals surface area contributed by atoms with Gasteiger partial charge in [-0.1, -0.05) is 24.3 Å². The van der Waals surface area contributed by atoms with Gasteiger partial charge >= 0.3 is 0 Å². The number of benzene rings is 1. The largest absolute Gasteiger partial charge is 0.351 e. The van der Waals surface area contributed by atoms with Gasteiger partial charge in [0.25, 0.3) is 0 Å². The first-order valence-electron chi connectivity index (χ1n) is 11.1. The van der Waals surface area contributed by atoms with Crippen molar-refractivity contribution in [3.63, 3.8) is 0 Å². The predicted octanol–water partition coefficient (Wildman–Crippen LogP) is 3.27. The summed E-state index contributed by atoms with van der Waals surface area (Å²) in [6, 6.07) is 8.84. The number of hydrogen-bond donors (Lipinski definition) is 1. The van der Waals surface area contributed by atoms with Crippen LogP contribution in [0.3, 0.4) is 0 Å². The standard InChI is InChI=1S/C23H32N6O/c1-2-28(17-20-9-7-8-19(14-20)16-27-10-3-4-11-27)22-21(25-18-30)15-24-23(26-22)29-12-5-6-13-29/h7-9,14-15,18H,2-6,10-13,16-17H2,1H3,(H,25,30).